The van der Waals surface area contributed by atoms with Crippen LogP contribution in [0.25, 0.3) is 0 Å². The third-order valence-corrected chi connectivity index (χ3v) is 11.0. The first-order valence-corrected chi connectivity index (χ1v) is 18.6. The summed E-state index contributed by atoms with van der Waals surface area (Å²) >= 11 is 3.63. The van der Waals surface area contributed by atoms with Gasteiger partial charge < -0.3 is 39.2 Å². The van der Waals surface area contributed by atoms with Crippen molar-refractivity contribution in [3.63, 3.8) is 0 Å². The van der Waals surface area contributed by atoms with Crippen molar-refractivity contribution in [1.82, 2.24) is 10.2 Å². The molecule has 4 aliphatic rings. The molecule has 0 aliphatic carbocycles. The Morgan fingerprint density at radius 2 is 1.69 bits per heavy atom. The van der Waals surface area contributed by atoms with Crippen molar-refractivity contribution in [3.05, 3.63) is 82.9 Å². The second kappa shape index (κ2) is 16.7. The zero-order valence-corrected chi connectivity index (χ0v) is 31.0. The third kappa shape index (κ3) is 7.41. The van der Waals surface area contributed by atoms with Crippen LogP contribution in [-0.4, -0.2) is 98.0 Å². The van der Waals surface area contributed by atoms with Gasteiger partial charge in [0.25, 0.3) is 5.91 Å². The third-order valence-electron chi connectivity index (χ3n) is 10.3. The molecule has 0 radical (unpaired) electrons. The van der Waals surface area contributed by atoms with E-state index in [0.717, 1.165) is 12.8 Å². The summed E-state index contributed by atoms with van der Waals surface area (Å²) < 4.78 is 24.4. The largest absolute Gasteiger partial charge is 0.497 e. The van der Waals surface area contributed by atoms with Crippen molar-refractivity contribution >= 4 is 45.3 Å². The highest BCUT2D eigenvalue weighted by Crippen LogP contribution is 2.59. The van der Waals surface area contributed by atoms with E-state index in [-0.39, 0.29) is 50.4 Å². The number of cyclic esters (lactones) is 1. The van der Waals surface area contributed by atoms with E-state index in [1.54, 1.807) is 47.3 Å². The molecular formula is C39H46BrN3O9. The van der Waals surface area contributed by atoms with E-state index in [1.165, 1.54) is 7.11 Å². The number of ether oxygens (including phenoxy) is 4. The molecule has 7 atom stereocenters. The van der Waals surface area contributed by atoms with Gasteiger partial charge in [-0.3, -0.25) is 19.2 Å². The Balaban J connectivity index is 1.45. The number of likely N-dealkylation sites (tertiary alicyclic amines) is 1. The number of fused-ring (bicyclic) bond motifs is 2. The first kappa shape index (κ1) is 37.7. The van der Waals surface area contributed by atoms with Crippen molar-refractivity contribution in [3.8, 4) is 5.75 Å². The quantitative estimate of drug-likeness (QED) is 0.195. The second-order valence-corrected chi connectivity index (χ2v) is 14.5. The highest BCUT2D eigenvalue weighted by molar-refractivity contribution is 9.11. The van der Waals surface area contributed by atoms with Crippen LogP contribution in [0.2, 0.25) is 0 Å². The summed E-state index contributed by atoms with van der Waals surface area (Å²) in [5.74, 6) is -3.14. The molecule has 0 unspecified atom stereocenters. The number of allylic oxidation sites excluding steroid dienone is 1. The van der Waals surface area contributed by atoms with E-state index in [0.29, 0.717) is 40.7 Å². The molecule has 12 nitrogen and oxygen atoms in total. The van der Waals surface area contributed by atoms with Gasteiger partial charge in [-0.05, 0) is 55.2 Å². The minimum atomic E-state index is -1.45. The Morgan fingerprint density at radius 1 is 0.942 bits per heavy atom. The number of aliphatic hydroxyl groups excluding tert-OH is 1. The summed E-state index contributed by atoms with van der Waals surface area (Å²) in [6.45, 7) is 0.564. The number of nitrogens with zero attached hydrogens (tertiary/aromatic N) is 2. The number of benzene rings is 2. The van der Waals surface area contributed by atoms with Crippen molar-refractivity contribution in [1.29, 1.82) is 0 Å². The highest BCUT2D eigenvalue weighted by atomic mass is 79.9. The fourth-order valence-corrected chi connectivity index (χ4v) is 8.63. The smallest absolute Gasteiger partial charge is 0.313 e. The number of nitrogens with one attached hydrogen (secondary N) is 1. The number of methoxy groups -OCH3 is 2. The lowest BCUT2D eigenvalue weighted by molar-refractivity contribution is -0.162. The number of amides is 3. The molecule has 6 rings (SSSR count). The van der Waals surface area contributed by atoms with Gasteiger partial charge in [-0.25, -0.2) is 0 Å². The molecule has 2 saturated heterocycles. The molecule has 13 heteroatoms. The Hall–Kier alpha value is -4.04. The maximum atomic E-state index is 15.1. The van der Waals surface area contributed by atoms with Crippen LogP contribution >= 0.6 is 15.9 Å². The normalized spacial score (nSPS) is 29.8. The van der Waals surface area contributed by atoms with Gasteiger partial charge in [0, 0.05) is 43.4 Å². The van der Waals surface area contributed by atoms with Crippen LogP contribution in [0.15, 0.2) is 77.3 Å². The maximum absolute atomic E-state index is 15.1. The standard InChI is InChI=1S/C39H46BrN3O9/c1-49-24-29-33(25-13-7-5-8-14-25)51-38(48)31-32-36(46)43(21-10-3-4-12-22-44)35(39(32)23-28(40)34(31)52-39)37(47)42(20-11-6-9-15-30(45)41-29)26-16-18-27(50-2)19-17-26/h5-8,11,13-14,16-19,23,29,31-35,44H,3-4,9-10,12,15,20-22,24H2,1-2H3,(H,41,45)/b11-6-/t29-,31+,32-,33-,34+,35+,39-/m1/s1. The molecule has 2 aromatic rings. The van der Waals surface area contributed by atoms with E-state index in [1.807, 2.05) is 42.5 Å². The number of esters is 1. The van der Waals surface area contributed by atoms with Crippen molar-refractivity contribution in [2.24, 2.45) is 11.8 Å². The predicted molar refractivity (Wildman–Crippen MR) is 195 cm³/mol. The number of carbonyl (C=O) groups excluding carboxylic acids is 4. The minimum Gasteiger partial charge on any atom is -0.497 e. The molecule has 52 heavy (non-hydrogen) atoms. The molecule has 4 heterocycles. The summed E-state index contributed by atoms with van der Waals surface area (Å²) in [7, 11) is 3.08. The van der Waals surface area contributed by atoms with Gasteiger partial charge in [0.2, 0.25) is 11.8 Å². The molecule has 2 N–H and O–H groups in total. The van der Waals surface area contributed by atoms with Crippen LogP contribution in [0.5, 0.6) is 5.75 Å². The van der Waals surface area contributed by atoms with Crippen molar-refractivity contribution in [2.45, 2.75) is 68.4 Å². The molecule has 1 spiro atoms. The van der Waals surface area contributed by atoms with Gasteiger partial charge in [-0.1, -0.05) is 71.3 Å². The lowest BCUT2D eigenvalue weighted by Crippen LogP contribution is -2.56. The van der Waals surface area contributed by atoms with Crippen LogP contribution in [-0.2, 0) is 33.4 Å². The van der Waals surface area contributed by atoms with Gasteiger partial charge in [-0.15, -0.1) is 0 Å². The molecule has 4 aliphatic heterocycles. The van der Waals surface area contributed by atoms with Gasteiger partial charge in [0.1, 0.15) is 35.5 Å². The molecule has 278 valence electrons. The lowest BCUT2D eigenvalue weighted by atomic mass is 9.74. The van der Waals surface area contributed by atoms with Crippen LogP contribution < -0.4 is 15.0 Å². The number of hydrogen-bond acceptors (Lipinski definition) is 9. The van der Waals surface area contributed by atoms with Gasteiger partial charge in [0.05, 0.1) is 25.7 Å². The predicted octanol–water partition coefficient (Wildman–Crippen LogP) is 4.22. The first-order chi connectivity index (χ1) is 25.2. The van der Waals surface area contributed by atoms with Crippen LogP contribution in [0.4, 0.5) is 5.69 Å². The molecule has 3 amide bonds. The molecule has 0 saturated carbocycles. The summed E-state index contributed by atoms with van der Waals surface area (Å²) in [4.78, 5) is 60.8. The fraction of sp³-hybridized carbons (Fsp3) is 0.487. The number of aliphatic hydroxyl groups is 1. The summed E-state index contributed by atoms with van der Waals surface area (Å²) in [6.07, 6.45) is 6.98. The monoisotopic (exact) mass is 779 g/mol. The molecule has 2 aromatic carbocycles. The highest BCUT2D eigenvalue weighted by Gasteiger charge is 2.75. The van der Waals surface area contributed by atoms with Crippen LogP contribution in [0.1, 0.15) is 50.2 Å². The zero-order chi connectivity index (χ0) is 36.8. The van der Waals surface area contributed by atoms with Gasteiger partial charge in [-0.2, -0.15) is 0 Å². The van der Waals surface area contributed by atoms with E-state index in [9.17, 15) is 19.5 Å². The fourth-order valence-electron chi connectivity index (χ4n) is 7.89. The molecule has 5 bridgehead atoms. The average molecular weight is 781 g/mol. The Labute approximate surface area is 312 Å². The first-order valence-electron chi connectivity index (χ1n) is 17.9. The number of hydrogen-bond donors (Lipinski definition) is 2. The van der Waals surface area contributed by atoms with Crippen LogP contribution in [0, 0.1) is 11.8 Å². The van der Waals surface area contributed by atoms with E-state index < -0.39 is 47.7 Å². The zero-order valence-electron chi connectivity index (χ0n) is 29.4. The molecular weight excluding hydrogens is 734 g/mol. The second-order valence-electron chi connectivity index (χ2n) is 13.6. The van der Waals surface area contributed by atoms with Crippen molar-refractivity contribution < 1.29 is 43.2 Å². The SMILES string of the molecule is COC[C@H]1NC(=O)CC/C=C\CN(c2ccc(OC)cc2)C(=O)[C@@H]2N(CCCCCCO)C(=O)[C@H]3[C@H](C(=O)O[C@@H]1c1ccccc1)[C@H]1O[C@@]23C=C1Br. The Kier molecular flexibility index (Phi) is 12.1. The Morgan fingerprint density at radius 3 is 2.40 bits per heavy atom. The van der Waals surface area contributed by atoms with Crippen molar-refractivity contribution in [2.75, 3.05) is 45.4 Å². The van der Waals surface area contributed by atoms with Crippen LogP contribution in [0.3, 0.4) is 0 Å². The summed E-state index contributed by atoms with van der Waals surface area (Å²) in [5.41, 5.74) is -0.215. The lowest BCUT2D eigenvalue weighted by Gasteiger charge is -2.36. The summed E-state index contributed by atoms with van der Waals surface area (Å²) in [6, 6.07) is 14.4. The molecule has 0 aromatic heterocycles. The van der Waals surface area contributed by atoms with E-state index in [4.69, 9.17) is 18.9 Å². The average Bonchev–Trinajstić information content (AvgIpc) is 3.74. The number of carbonyl (C=O) groups is 4. The number of anilines is 1. The van der Waals surface area contributed by atoms with Gasteiger partial charge >= 0.3 is 5.97 Å². The van der Waals surface area contributed by atoms with Gasteiger partial charge in [0.15, 0.2) is 0 Å². The van der Waals surface area contributed by atoms with E-state index in [2.05, 4.69) is 21.2 Å². The minimum absolute atomic E-state index is 0.0619. The summed E-state index contributed by atoms with van der Waals surface area (Å²) in [5, 5.41) is 12.3. The molecule has 2 fully saturated rings. The maximum Gasteiger partial charge on any atom is 0.313 e. The number of unbranched alkanes of at least 4 members (excludes halogenated alkanes) is 3. The topological polar surface area (TPSA) is 144 Å². The number of halogens is 1. The number of rotatable bonds is 11. The Bertz CT molecular complexity index is 1670. The van der Waals surface area contributed by atoms with E-state index >= 15 is 4.79 Å².